The Bertz CT molecular complexity index is 1250. The highest BCUT2D eigenvalue weighted by Crippen LogP contribution is 2.32. The van der Waals surface area contributed by atoms with Gasteiger partial charge in [-0.05, 0) is 43.3 Å². The molecule has 0 aliphatic carbocycles. The second-order valence-corrected chi connectivity index (χ2v) is 7.45. The summed E-state index contributed by atoms with van der Waals surface area (Å²) in [5.74, 6) is -2.11. The molecule has 34 heavy (non-hydrogen) atoms. The van der Waals surface area contributed by atoms with Crippen LogP contribution in [0.15, 0.2) is 47.5 Å². The zero-order valence-electron chi connectivity index (χ0n) is 17.1. The molecule has 0 spiro atoms. The molecule has 1 aromatic heterocycles. The number of aromatic nitrogens is 2. The fraction of sp³-hybridized carbons (Fsp3) is 0.190. The van der Waals surface area contributed by atoms with Gasteiger partial charge in [-0.2, -0.15) is 31.4 Å². The summed E-state index contributed by atoms with van der Waals surface area (Å²) >= 11 is 5.59. The molecule has 0 saturated carbocycles. The molecular weight excluding hydrogens is 493 g/mol. The van der Waals surface area contributed by atoms with Gasteiger partial charge in [0.2, 0.25) is 0 Å². The van der Waals surface area contributed by atoms with E-state index in [2.05, 4.69) is 20.5 Å². The molecule has 3 rings (SSSR count). The third-order valence-corrected chi connectivity index (χ3v) is 4.91. The standard InChI is InChI=1S/C21H14ClF7N4O/c1-10-16(32-33-18(10)21(27,28)29)9-17(30-13-4-2-3-12(8-13)20(24,25)26)31-19(34)11-5-6-14(22)15(23)7-11/h2-8H,9H2,1H3,(H,32,33)(H,30,31,34). The summed E-state index contributed by atoms with van der Waals surface area (Å²) in [4.78, 5) is 16.6. The molecule has 3 aromatic rings. The van der Waals surface area contributed by atoms with E-state index in [1.165, 1.54) is 12.1 Å². The van der Waals surface area contributed by atoms with Crippen molar-refractivity contribution in [3.05, 3.63) is 81.4 Å². The summed E-state index contributed by atoms with van der Waals surface area (Å²) in [6.07, 6.45) is -9.87. The number of carbonyl (C=O) groups is 1. The van der Waals surface area contributed by atoms with Gasteiger partial charge in [-0.1, -0.05) is 17.7 Å². The predicted molar refractivity (Wildman–Crippen MR) is 109 cm³/mol. The van der Waals surface area contributed by atoms with Crippen LogP contribution in [0.2, 0.25) is 5.02 Å². The Morgan fingerprint density at radius 3 is 2.38 bits per heavy atom. The van der Waals surface area contributed by atoms with Crippen molar-refractivity contribution in [2.45, 2.75) is 25.7 Å². The number of rotatable bonds is 4. The van der Waals surface area contributed by atoms with E-state index in [1.807, 2.05) is 0 Å². The third kappa shape index (κ3) is 5.93. The lowest BCUT2D eigenvalue weighted by molar-refractivity contribution is -0.141. The number of carbonyl (C=O) groups excluding carboxylic acids is 1. The van der Waals surface area contributed by atoms with Crippen LogP contribution in [0, 0.1) is 12.7 Å². The van der Waals surface area contributed by atoms with Gasteiger partial charge in [-0.3, -0.25) is 9.89 Å². The van der Waals surface area contributed by atoms with Crippen LogP contribution < -0.4 is 5.32 Å². The molecular formula is C21H14ClF7N4O. The molecule has 0 fully saturated rings. The third-order valence-electron chi connectivity index (χ3n) is 4.60. The van der Waals surface area contributed by atoms with Crippen molar-refractivity contribution in [2.24, 2.45) is 4.99 Å². The van der Waals surface area contributed by atoms with Crippen LogP contribution in [0.25, 0.3) is 0 Å². The fourth-order valence-corrected chi connectivity index (χ4v) is 3.03. The summed E-state index contributed by atoms with van der Waals surface area (Å²) < 4.78 is 92.0. The lowest BCUT2D eigenvalue weighted by Crippen LogP contribution is -2.32. The fourth-order valence-electron chi connectivity index (χ4n) is 2.91. The first-order chi connectivity index (χ1) is 15.8. The van der Waals surface area contributed by atoms with Crippen LogP contribution in [0.1, 0.15) is 32.9 Å². The molecule has 5 nitrogen and oxygen atoms in total. The molecule has 13 heteroatoms. The van der Waals surface area contributed by atoms with Crippen LogP contribution in [0.3, 0.4) is 0 Å². The van der Waals surface area contributed by atoms with Gasteiger partial charge < -0.3 is 5.32 Å². The highest BCUT2D eigenvalue weighted by molar-refractivity contribution is 6.30. The minimum absolute atomic E-state index is 0.0827. The first kappa shape index (κ1) is 25.2. The first-order valence-corrected chi connectivity index (χ1v) is 9.75. The summed E-state index contributed by atoms with van der Waals surface area (Å²) in [6, 6.07) is 6.93. The zero-order valence-corrected chi connectivity index (χ0v) is 17.8. The Balaban J connectivity index is 1.99. The minimum Gasteiger partial charge on any atom is -0.310 e. The van der Waals surface area contributed by atoms with Crippen molar-refractivity contribution in [3.63, 3.8) is 0 Å². The molecule has 0 radical (unpaired) electrons. The summed E-state index contributed by atoms with van der Waals surface area (Å²) in [5, 5.41) is 7.48. The average molecular weight is 507 g/mol. The van der Waals surface area contributed by atoms with Crippen molar-refractivity contribution in [2.75, 3.05) is 0 Å². The predicted octanol–water partition coefficient (Wildman–Crippen LogP) is 6.25. The van der Waals surface area contributed by atoms with Crippen LogP contribution in [-0.4, -0.2) is 21.9 Å². The summed E-state index contributed by atoms with van der Waals surface area (Å²) in [7, 11) is 0. The molecule has 180 valence electrons. The maximum atomic E-state index is 13.7. The Kier molecular flexibility index (Phi) is 7.01. The molecule has 0 atom stereocenters. The minimum atomic E-state index is -4.75. The highest BCUT2D eigenvalue weighted by atomic mass is 35.5. The first-order valence-electron chi connectivity index (χ1n) is 9.38. The lowest BCUT2D eigenvalue weighted by Gasteiger charge is -2.11. The smallest absolute Gasteiger partial charge is 0.310 e. The number of halogens is 8. The topological polar surface area (TPSA) is 70.1 Å². The van der Waals surface area contributed by atoms with Crippen molar-refractivity contribution in [3.8, 4) is 0 Å². The van der Waals surface area contributed by atoms with Crippen molar-refractivity contribution in [1.82, 2.24) is 15.5 Å². The second-order valence-electron chi connectivity index (χ2n) is 7.04. The van der Waals surface area contributed by atoms with E-state index < -0.39 is 41.8 Å². The number of hydrogen-bond donors (Lipinski definition) is 2. The number of H-pyrrole nitrogens is 1. The number of nitrogens with zero attached hydrogens (tertiary/aromatic N) is 2. The molecule has 1 amide bonds. The van der Waals surface area contributed by atoms with Crippen LogP contribution >= 0.6 is 11.6 Å². The van der Waals surface area contributed by atoms with Crippen molar-refractivity contribution < 1.29 is 35.5 Å². The average Bonchev–Trinajstić information content (AvgIpc) is 3.10. The molecule has 0 saturated heterocycles. The monoisotopic (exact) mass is 506 g/mol. The van der Waals surface area contributed by atoms with Crippen molar-refractivity contribution in [1.29, 1.82) is 0 Å². The summed E-state index contributed by atoms with van der Waals surface area (Å²) in [5.41, 5.74) is -2.99. The number of aromatic amines is 1. The number of nitrogens with one attached hydrogen (secondary N) is 2. The normalized spacial score (nSPS) is 12.7. The van der Waals surface area contributed by atoms with Gasteiger partial charge in [-0.25, -0.2) is 9.38 Å². The molecule has 0 bridgehead atoms. The highest BCUT2D eigenvalue weighted by Gasteiger charge is 2.36. The van der Waals surface area contributed by atoms with E-state index in [-0.39, 0.29) is 33.4 Å². The Hall–Kier alpha value is -3.41. The number of alkyl halides is 6. The van der Waals surface area contributed by atoms with Crippen molar-refractivity contribution >= 4 is 29.0 Å². The van der Waals surface area contributed by atoms with E-state index in [1.54, 1.807) is 0 Å². The van der Waals surface area contributed by atoms with E-state index in [0.717, 1.165) is 31.2 Å². The number of amidine groups is 1. The van der Waals surface area contributed by atoms with Gasteiger partial charge in [0, 0.05) is 23.2 Å². The molecule has 0 unspecified atom stereocenters. The largest absolute Gasteiger partial charge is 0.435 e. The molecule has 0 aliphatic rings. The Morgan fingerprint density at radius 2 is 1.79 bits per heavy atom. The molecule has 0 aliphatic heterocycles. The number of benzene rings is 2. The van der Waals surface area contributed by atoms with E-state index >= 15 is 0 Å². The zero-order chi connectivity index (χ0) is 25.3. The number of hydrogen-bond acceptors (Lipinski definition) is 3. The molecule has 1 heterocycles. The maximum Gasteiger partial charge on any atom is 0.435 e. The van der Waals surface area contributed by atoms with Gasteiger partial charge in [0.15, 0.2) is 5.69 Å². The SMILES string of the molecule is Cc1c(C(F)(F)F)n[nH]c1CC(=Nc1cccc(C(F)(F)F)c1)NC(=O)c1ccc(Cl)c(F)c1. The summed E-state index contributed by atoms with van der Waals surface area (Å²) in [6.45, 7) is 1.14. The van der Waals surface area contributed by atoms with Crippen LogP contribution in [0.4, 0.5) is 36.4 Å². The van der Waals surface area contributed by atoms with E-state index in [9.17, 15) is 35.5 Å². The van der Waals surface area contributed by atoms with Crippen LogP contribution in [0.5, 0.6) is 0 Å². The Labute approximate surface area is 192 Å². The van der Waals surface area contributed by atoms with Gasteiger partial charge >= 0.3 is 12.4 Å². The number of amides is 1. The molecule has 2 N–H and O–H groups in total. The second kappa shape index (κ2) is 9.45. The molecule has 2 aromatic carbocycles. The van der Waals surface area contributed by atoms with E-state index in [0.29, 0.717) is 6.07 Å². The maximum absolute atomic E-state index is 13.7. The van der Waals surface area contributed by atoms with Gasteiger partial charge in [0.05, 0.1) is 16.3 Å². The van der Waals surface area contributed by atoms with E-state index in [4.69, 9.17) is 11.6 Å². The van der Waals surface area contributed by atoms with Gasteiger partial charge in [0.1, 0.15) is 11.7 Å². The number of aliphatic imine (C=N–C) groups is 1. The van der Waals surface area contributed by atoms with Crippen LogP contribution in [-0.2, 0) is 18.8 Å². The van der Waals surface area contributed by atoms with Gasteiger partial charge in [-0.15, -0.1) is 0 Å². The lowest BCUT2D eigenvalue weighted by atomic mass is 10.1. The van der Waals surface area contributed by atoms with Gasteiger partial charge in [0.25, 0.3) is 5.91 Å². The Morgan fingerprint density at radius 1 is 1.09 bits per heavy atom. The quantitative estimate of drug-likeness (QED) is 0.249.